The molecule has 1 N–H and O–H groups in total. The zero-order chi connectivity index (χ0) is 12.8. The van der Waals surface area contributed by atoms with Gasteiger partial charge in [-0.15, -0.1) is 0 Å². The first-order valence-electron chi connectivity index (χ1n) is 5.33. The second-order valence-corrected chi connectivity index (χ2v) is 3.71. The van der Waals surface area contributed by atoms with E-state index in [-0.39, 0.29) is 18.3 Å². The minimum absolute atomic E-state index is 0.152. The molecule has 5 heteroatoms. The van der Waals surface area contributed by atoms with Crippen molar-refractivity contribution in [2.75, 3.05) is 12.4 Å². The third-order valence-electron chi connectivity index (χ3n) is 2.33. The van der Waals surface area contributed by atoms with Gasteiger partial charge in [0.15, 0.2) is 0 Å². The normalized spacial score (nSPS) is 9.82. The van der Waals surface area contributed by atoms with Crippen LogP contribution in [-0.4, -0.2) is 24.0 Å². The van der Waals surface area contributed by atoms with Crippen molar-refractivity contribution in [1.29, 1.82) is 0 Å². The monoisotopic (exact) mass is 236 g/mol. The minimum atomic E-state index is -0.290. The Hall–Kier alpha value is -1.91. The average molecular weight is 236 g/mol. The number of nitrogens with one attached hydrogen (secondary N) is 1. The van der Waals surface area contributed by atoms with Gasteiger partial charge in [0.2, 0.25) is 5.91 Å². The van der Waals surface area contributed by atoms with E-state index < -0.39 is 0 Å². The molecule has 1 amide bonds. The van der Waals surface area contributed by atoms with E-state index in [0.29, 0.717) is 17.8 Å². The molecule has 1 aromatic rings. The summed E-state index contributed by atoms with van der Waals surface area (Å²) in [4.78, 5) is 26.3. The molecule has 0 aliphatic heterocycles. The highest BCUT2D eigenvalue weighted by Crippen LogP contribution is 2.19. The number of ether oxygens (including phenoxy) is 1. The van der Waals surface area contributed by atoms with Gasteiger partial charge in [0.25, 0.3) is 0 Å². The summed E-state index contributed by atoms with van der Waals surface area (Å²) in [5, 5.41) is 2.73. The van der Waals surface area contributed by atoms with E-state index in [0.717, 1.165) is 5.56 Å². The van der Waals surface area contributed by atoms with Crippen molar-refractivity contribution >= 4 is 17.6 Å². The van der Waals surface area contributed by atoms with Gasteiger partial charge in [-0.2, -0.15) is 0 Å². The van der Waals surface area contributed by atoms with Crippen LogP contribution in [0.5, 0.6) is 0 Å². The summed E-state index contributed by atoms with van der Waals surface area (Å²) >= 11 is 0. The van der Waals surface area contributed by atoms with Gasteiger partial charge in [0.1, 0.15) is 0 Å². The van der Waals surface area contributed by atoms with Crippen LogP contribution in [-0.2, 0) is 20.7 Å². The van der Waals surface area contributed by atoms with E-state index in [2.05, 4.69) is 15.0 Å². The number of esters is 1. The number of aromatic nitrogens is 1. The maximum Gasteiger partial charge on any atom is 0.305 e. The Morgan fingerprint density at radius 3 is 2.76 bits per heavy atom. The number of hydrogen-bond donors (Lipinski definition) is 1. The topological polar surface area (TPSA) is 68.3 Å². The second kappa shape index (κ2) is 5.98. The molecule has 1 aromatic heterocycles. The third-order valence-corrected chi connectivity index (χ3v) is 2.33. The van der Waals surface area contributed by atoms with Crippen molar-refractivity contribution in [2.24, 2.45) is 0 Å². The Balaban J connectivity index is 2.86. The van der Waals surface area contributed by atoms with Crippen LogP contribution in [0.25, 0.3) is 0 Å². The first-order valence-corrected chi connectivity index (χ1v) is 5.33. The molecule has 0 radical (unpaired) electrons. The molecular formula is C12H16N2O3. The summed E-state index contributed by atoms with van der Waals surface area (Å²) in [5.74, 6) is -0.442. The number of amides is 1. The Labute approximate surface area is 100 Å². The number of aryl methyl sites for hydroxylation is 2. The first-order chi connectivity index (χ1) is 8.04. The van der Waals surface area contributed by atoms with Gasteiger partial charge in [0, 0.05) is 19.5 Å². The van der Waals surface area contributed by atoms with E-state index in [1.165, 1.54) is 14.0 Å². The maximum atomic E-state index is 11.1. The number of anilines is 1. The first kappa shape index (κ1) is 13.2. The summed E-state index contributed by atoms with van der Waals surface area (Å²) in [6, 6.07) is 1.81. The number of rotatable bonds is 4. The molecule has 5 nitrogen and oxygen atoms in total. The van der Waals surface area contributed by atoms with Crippen LogP contribution in [0.1, 0.15) is 24.6 Å². The van der Waals surface area contributed by atoms with Crippen molar-refractivity contribution in [3.8, 4) is 0 Å². The van der Waals surface area contributed by atoms with Crippen molar-refractivity contribution < 1.29 is 14.3 Å². The van der Waals surface area contributed by atoms with Gasteiger partial charge in [0.05, 0.1) is 24.9 Å². The highest BCUT2D eigenvalue weighted by molar-refractivity contribution is 5.90. The number of pyridine rings is 1. The van der Waals surface area contributed by atoms with Crippen LogP contribution in [0.15, 0.2) is 12.3 Å². The molecule has 0 saturated carbocycles. The number of nitrogens with zero attached hydrogens (tertiary/aromatic N) is 1. The van der Waals surface area contributed by atoms with Gasteiger partial charge < -0.3 is 10.1 Å². The summed E-state index contributed by atoms with van der Waals surface area (Å²) in [6.45, 7) is 3.32. The summed E-state index contributed by atoms with van der Waals surface area (Å²) in [6.07, 6.45) is 2.36. The van der Waals surface area contributed by atoms with Gasteiger partial charge >= 0.3 is 5.97 Å². The molecule has 0 fully saturated rings. The molecule has 0 saturated heterocycles. The Morgan fingerprint density at radius 2 is 2.18 bits per heavy atom. The van der Waals surface area contributed by atoms with E-state index in [1.807, 2.05) is 13.0 Å². The van der Waals surface area contributed by atoms with Crippen molar-refractivity contribution in [3.05, 3.63) is 23.5 Å². The third kappa shape index (κ3) is 3.86. The molecule has 0 atom stereocenters. The van der Waals surface area contributed by atoms with Crippen LogP contribution < -0.4 is 5.32 Å². The standard InChI is InChI=1S/C12H16N2O3/c1-8-6-7-13-10(4-5-11(16)17-3)12(8)14-9(2)15/h6-7H,4-5H2,1-3H3,(H,14,15). The van der Waals surface area contributed by atoms with Crippen LogP contribution >= 0.6 is 0 Å². The predicted molar refractivity (Wildman–Crippen MR) is 63.6 cm³/mol. The Bertz CT molecular complexity index is 430. The van der Waals surface area contributed by atoms with Crippen molar-refractivity contribution in [2.45, 2.75) is 26.7 Å². The molecule has 0 aromatic carbocycles. The molecule has 0 aliphatic carbocycles. The van der Waals surface area contributed by atoms with Crippen LogP contribution in [0, 0.1) is 6.92 Å². The molecule has 92 valence electrons. The van der Waals surface area contributed by atoms with Crippen LogP contribution in [0.4, 0.5) is 5.69 Å². The zero-order valence-corrected chi connectivity index (χ0v) is 10.2. The van der Waals surface area contributed by atoms with Gasteiger partial charge in [-0.1, -0.05) is 0 Å². The van der Waals surface area contributed by atoms with E-state index in [1.54, 1.807) is 6.20 Å². The Kier molecular flexibility index (Phi) is 4.63. The SMILES string of the molecule is COC(=O)CCc1nccc(C)c1NC(C)=O. The van der Waals surface area contributed by atoms with E-state index >= 15 is 0 Å². The average Bonchev–Trinajstić information content (AvgIpc) is 2.29. The second-order valence-electron chi connectivity index (χ2n) is 3.71. The van der Waals surface area contributed by atoms with Gasteiger partial charge in [-0.25, -0.2) is 0 Å². The smallest absolute Gasteiger partial charge is 0.305 e. The highest BCUT2D eigenvalue weighted by Gasteiger charge is 2.10. The van der Waals surface area contributed by atoms with Crippen molar-refractivity contribution in [1.82, 2.24) is 4.98 Å². The Morgan fingerprint density at radius 1 is 1.47 bits per heavy atom. The molecule has 1 heterocycles. The fraction of sp³-hybridized carbons (Fsp3) is 0.417. The molecular weight excluding hydrogens is 220 g/mol. The lowest BCUT2D eigenvalue weighted by atomic mass is 10.1. The van der Waals surface area contributed by atoms with Gasteiger partial charge in [-0.05, 0) is 18.6 Å². The maximum absolute atomic E-state index is 11.1. The molecule has 0 bridgehead atoms. The summed E-state index contributed by atoms with van der Waals surface area (Å²) < 4.78 is 4.57. The number of methoxy groups -OCH3 is 1. The van der Waals surface area contributed by atoms with Crippen LogP contribution in [0.3, 0.4) is 0 Å². The molecule has 0 unspecified atom stereocenters. The predicted octanol–water partition coefficient (Wildman–Crippen LogP) is 1.45. The lowest BCUT2D eigenvalue weighted by molar-refractivity contribution is -0.140. The van der Waals surface area contributed by atoms with Crippen LogP contribution in [0.2, 0.25) is 0 Å². The molecule has 1 rings (SSSR count). The number of carbonyl (C=O) groups excluding carboxylic acids is 2. The fourth-order valence-electron chi connectivity index (χ4n) is 1.47. The largest absolute Gasteiger partial charge is 0.469 e. The molecule has 0 spiro atoms. The zero-order valence-electron chi connectivity index (χ0n) is 10.2. The minimum Gasteiger partial charge on any atom is -0.469 e. The lowest BCUT2D eigenvalue weighted by Crippen LogP contribution is -2.12. The molecule has 0 aliphatic rings. The highest BCUT2D eigenvalue weighted by atomic mass is 16.5. The summed E-state index contributed by atoms with van der Waals surface area (Å²) in [7, 11) is 1.35. The molecule has 17 heavy (non-hydrogen) atoms. The van der Waals surface area contributed by atoms with Gasteiger partial charge in [-0.3, -0.25) is 14.6 Å². The number of hydrogen-bond acceptors (Lipinski definition) is 4. The van der Waals surface area contributed by atoms with E-state index in [4.69, 9.17) is 0 Å². The summed E-state index contributed by atoms with van der Waals surface area (Å²) in [5.41, 5.74) is 2.31. The lowest BCUT2D eigenvalue weighted by Gasteiger charge is -2.11. The van der Waals surface area contributed by atoms with Crippen molar-refractivity contribution in [3.63, 3.8) is 0 Å². The quantitative estimate of drug-likeness (QED) is 0.803. The number of carbonyl (C=O) groups is 2. The fourth-order valence-corrected chi connectivity index (χ4v) is 1.47. The van der Waals surface area contributed by atoms with E-state index in [9.17, 15) is 9.59 Å².